The lowest BCUT2D eigenvalue weighted by molar-refractivity contribution is -0.144. The topological polar surface area (TPSA) is 61.8 Å². The average Bonchev–Trinajstić information content (AvgIpc) is 2.44. The quantitative estimate of drug-likeness (QED) is 0.673. The number of carbonyl (C=O) groups excluding carboxylic acids is 2. The SMILES string of the molecule is CCOC(=O)CCC(=O)COc1ccc(OC)cc1. The number of hydrogen-bond acceptors (Lipinski definition) is 5. The molecule has 1 aromatic rings. The van der Waals surface area contributed by atoms with Crippen molar-refractivity contribution in [2.24, 2.45) is 0 Å². The van der Waals surface area contributed by atoms with Crippen molar-refractivity contribution in [1.29, 1.82) is 0 Å². The van der Waals surface area contributed by atoms with Gasteiger partial charge < -0.3 is 14.2 Å². The van der Waals surface area contributed by atoms with Gasteiger partial charge in [0.05, 0.1) is 20.1 Å². The molecule has 0 fully saturated rings. The summed E-state index contributed by atoms with van der Waals surface area (Å²) in [5.41, 5.74) is 0. The van der Waals surface area contributed by atoms with E-state index < -0.39 is 0 Å². The largest absolute Gasteiger partial charge is 0.497 e. The molecular weight excluding hydrogens is 248 g/mol. The van der Waals surface area contributed by atoms with Gasteiger partial charge in [-0.3, -0.25) is 9.59 Å². The standard InChI is InChI=1S/C14H18O5/c1-3-18-14(16)9-4-11(15)10-19-13-7-5-12(17-2)6-8-13/h5-8H,3-4,9-10H2,1-2H3. The minimum absolute atomic E-state index is 0.0499. The van der Waals surface area contributed by atoms with Gasteiger partial charge in [0, 0.05) is 6.42 Å². The predicted molar refractivity (Wildman–Crippen MR) is 69.4 cm³/mol. The van der Waals surface area contributed by atoms with Crippen LogP contribution in [-0.2, 0) is 14.3 Å². The zero-order valence-electron chi connectivity index (χ0n) is 11.2. The number of benzene rings is 1. The summed E-state index contributed by atoms with van der Waals surface area (Å²) in [7, 11) is 1.58. The second kappa shape index (κ2) is 8.13. The van der Waals surface area contributed by atoms with Crippen LogP contribution in [0.3, 0.4) is 0 Å². The molecule has 0 spiro atoms. The molecule has 0 bridgehead atoms. The maximum Gasteiger partial charge on any atom is 0.306 e. The van der Waals surface area contributed by atoms with E-state index in [1.165, 1.54) is 0 Å². The smallest absolute Gasteiger partial charge is 0.306 e. The van der Waals surface area contributed by atoms with Crippen molar-refractivity contribution < 1.29 is 23.8 Å². The first-order valence-electron chi connectivity index (χ1n) is 6.10. The molecule has 0 aliphatic carbocycles. The molecule has 0 amide bonds. The van der Waals surface area contributed by atoms with Gasteiger partial charge in [-0.25, -0.2) is 0 Å². The number of ketones is 1. The van der Waals surface area contributed by atoms with Crippen LogP contribution in [0, 0.1) is 0 Å². The van der Waals surface area contributed by atoms with E-state index in [2.05, 4.69) is 0 Å². The molecule has 104 valence electrons. The number of esters is 1. The summed E-state index contributed by atoms with van der Waals surface area (Å²) in [5.74, 6) is 0.815. The lowest BCUT2D eigenvalue weighted by Crippen LogP contribution is -2.14. The summed E-state index contributed by atoms with van der Waals surface area (Å²) in [4.78, 5) is 22.6. The summed E-state index contributed by atoms with van der Waals surface area (Å²) in [6, 6.07) is 6.94. The molecule has 0 aromatic heterocycles. The van der Waals surface area contributed by atoms with E-state index in [-0.39, 0.29) is 31.2 Å². The third-order valence-electron chi connectivity index (χ3n) is 2.37. The molecule has 19 heavy (non-hydrogen) atoms. The van der Waals surface area contributed by atoms with Crippen LogP contribution in [0.4, 0.5) is 0 Å². The molecule has 5 nitrogen and oxygen atoms in total. The number of hydrogen-bond donors (Lipinski definition) is 0. The summed E-state index contributed by atoms with van der Waals surface area (Å²) in [5, 5.41) is 0. The number of Topliss-reactive ketones (excluding diaryl/α,β-unsaturated/α-hetero) is 1. The molecule has 1 rings (SSSR count). The highest BCUT2D eigenvalue weighted by Crippen LogP contribution is 2.16. The Labute approximate surface area is 112 Å². The van der Waals surface area contributed by atoms with Crippen molar-refractivity contribution in [3.05, 3.63) is 24.3 Å². The van der Waals surface area contributed by atoms with Gasteiger partial charge in [0.25, 0.3) is 0 Å². The van der Waals surface area contributed by atoms with E-state index >= 15 is 0 Å². The predicted octanol–water partition coefficient (Wildman–Crippen LogP) is 1.99. The highest BCUT2D eigenvalue weighted by molar-refractivity contribution is 5.84. The first-order valence-corrected chi connectivity index (χ1v) is 6.10. The fourth-order valence-electron chi connectivity index (χ4n) is 1.38. The number of methoxy groups -OCH3 is 1. The fraction of sp³-hybridized carbons (Fsp3) is 0.429. The maximum atomic E-state index is 11.5. The lowest BCUT2D eigenvalue weighted by Gasteiger charge is -2.06. The summed E-state index contributed by atoms with van der Waals surface area (Å²) in [6.45, 7) is 2.01. The van der Waals surface area contributed by atoms with Gasteiger partial charge in [0.15, 0.2) is 5.78 Å². The molecule has 0 N–H and O–H groups in total. The van der Waals surface area contributed by atoms with Crippen molar-refractivity contribution >= 4 is 11.8 Å². The summed E-state index contributed by atoms with van der Waals surface area (Å²) in [6.07, 6.45) is 0.230. The Hall–Kier alpha value is -2.04. The molecule has 0 heterocycles. The number of ether oxygens (including phenoxy) is 3. The molecule has 0 saturated heterocycles. The Morgan fingerprint density at radius 1 is 1.05 bits per heavy atom. The molecule has 0 atom stereocenters. The van der Waals surface area contributed by atoms with Gasteiger partial charge in [-0.15, -0.1) is 0 Å². The molecule has 5 heteroatoms. The van der Waals surface area contributed by atoms with E-state index in [1.807, 2.05) is 0 Å². The highest BCUT2D eigenvalue weighted by atomic mass is 16.5. The number of carbonyl (C=O) groups is 2. The lowest BCUT2D eigenvalue weighted by atomic mass is 10.2. The van der Waals surface area contributed by atoms with E-state index in [0.29, 0.717) is 12.4 Å². The maximum absolute atomic E-state index is 11.5. The minimum Gasteiger partial charge on any atom is -0.497 e. The monoisotopic (exact) mass is 266 g/mol. The van der Waals surface area contributed by atoms with Gasteiger partial charge in [0.2, 0.25) is 0 Å². The van der Waals surface area contributed by atoms with Crippen LogP contribution >= 0.6 is 0 Å². The van der Waals surface area contributed by atoms with Crippen LogP contribution < -0.4 is 9.47 Å². The molecule has 0 aliphatic heterocycles. The fourth-order valence-corrected chi connectivity index (χ4v) is 1.38. The van der Waals surface area contributed by atoms with Crippen LogP contribution in [0.25, 0.3) is 0 Å². The highest BCUT2D eigenvalue weighted by Gasteiger charge is 2.08. The molecule has 0 unspecified atom stereocenters. The van der Waals surface area contributed by atoms with Gasteiger partial charge in [-0.2, -0.15) is 0 Å². The van der Waals surface area contributed by atoms with Gasteiger partial charge >= 0.3 is 5.97 Å². The van der Waals surface area contributed by atoms with Crippen LogP contribution in [0.2, 0.25) is 0 Å². The molecule has 0 saturated carbocycles. The van der Waals surface area contributed by atoms with Crippen LogP contribution in [0.15, 0.2) is 24.3 Å². The van der Waals surface area contributed by atoms with Crippen LogP contribution in [-0.4, -0.2) is 32.1 Å². The van der Waals surface area contributed by atoms with Crippen molar-refractivity contribution in [3.8, 4) is 11.5 Å². The van der Waals surface area contributed by atoms with Crippen molar-refractivity contribution in [3.63, 3.8) is 0 Å². The molecule has 0 aliphatic rings. The first kappa shape index (κ1) is 15.0. The Bertz CT molecular complexity index is 410. The summed E-state index contributed by atoms with van der Waals surface area (Å²) >= 11 is 0. The molecule has 0 radical (unpaired) electrons. The Morgan fingerprint density at radius 2 is 1.68 bits per heavy atom. The first-order chi connectivity index (χ1) is 9.15. The minimum atomic E-state index is -0.361. The van der Waals surface area contributed by atoms with Gasteiger partial charge in [-0.1, -0.05) is 0 Å². The van der Waals surface area contributed by atoms with Crippen molar-refractivity contribution in [2.45, 2.75) is 19.8 Å². The second-order valence-electron chi connectivity index (χ2n) is 3.81. The van der Waals surface area contributed by atoms with E-state index in [0.717, 1.165) is 5.75 Å². The van der Waals surface area contributed by atoms with E-state index in [4.69, 9.17) is 14.2 Å². The third kappa shape index (κ3) is 5.90. The third-order valence-corrected chi connectivity index (χ3v) is 2.37. The Kier molecular flexibility index (Phi) is 6.43. The van der Waals surface area contributed by atoms with Gasteiger partial charge in [-0.05, 0) is 31.2 Å². The normalized spacial score (nSPS) is 9.79. The summed E-state index contributed by atoms with van der Waals surface area (Å²) < 4.78 is 15.0. The Morgan fingerprint density at radius 3 is 2.26 bits per heavy atom. The molecular formula is C14H18O5. The average molecular weight is 266 g/mol. The second-order valence-corrected chi connectivity index (χ2v) is 3.81. The van der Waals surface area contributed by atoms with E-state index in [9.17, 15) is 9.59 Å². The van der Waals surface area contributed by atoms with Crippen LogP contribution in [0.1, 0.15) is 19.8 Å². The molecule has 1 aromatic carbocycles. The van der Waals surface area contributed by atoms with Gasteiger partial charge in [0.1, 0.15) is 18.1 Å². The zero-order valence-corrected chi connectivity index (χ0v) is 11.2. The van der Waals surface area contributed by atoms with Crippen LogP contribution in [0.5, 0.6) is 11.5 Å². The van der Waals surface area contributed by atoms with Crippen molar-refractivity contribution in [2.75, 3.05) is 20.3 Å². The number of rotatable bonds is 8. The Balaban J connectivity index is 2.27. The van der Waals surface area contributed by atoms with Crippen molar-refractivity contribution in [1.82, 2.24) is 0 Å². The van der Waals surface area contributed by atoms with E-state index in [1.54, 1.807) is 38.3 Å². The zero-order chi connectivity index (χ0) is 14.1.